The van der Waals surface area contributed by atoms with E-state index in [-0.39, 0.29) is 5.75 Å². The van der Waals surface area contributed by atoms with Crippen molar-refractivity contribution in [1.82, 2.24) is 4.90 Å². The van der Waals surface area contributed by atoms with Crippen LogP contribution in [0.3, 0.4) is 0 Å². The standard InChI is InChI=1S/C19H26F2N2O3/c1-19(2,3)25-18(24)14-10-16(21)17(11-15(14)20)26-22-12-6-8-13(9-7-12)23(4)5/h10-11,13H,6-9H2,1-5H3. The van der Waals surface area contributed by atoms with Gasteiger partial charge in [-0.05, 0) is 66.6 Å². The zero-order chi connectivity index (χ0) is 19.5. The van der Waals surface area contributed by atoms with Crippen LogP contribution in [-0.4, -0.2) is 42.3 Å². The number of hydrogen-bond acceptors (Lipinski definition) is 5. The molecule has 0 amide bonds. The van der Waals surface area contributed by atoms with Crippen molar-refractivity contribution in [3.8, 4) is 5.75 Å². The molecule has 1 aromatic rings. The molecule has 0 N–H and O–H groups in total. The predicted octanol–water partition coefficient (Wildman–Crippen LogP) is 4.16. The van der Waals surface area contributed by atoms with E-state index >= 15 is 0 Å². The molecule has 1 fully saturated rings. The van der Waals surface area contributed by atoms with Crippen LogP contribution in [0, 0.1) is 11.6 Å². The second-order valence-electron chi connectivity index (χ2n) is 7.71. The molecule has 2 rings (SSSR count). The number of halogens is 2. The fraction of sp³-hybridized carbons (Fsp3) is 0.579. The number of benzene rings is 1. The Labute approximate surface area is 152 Å². The summed E-state index contributed by atoms with van der Waals surface area (Å²) < 4.78 is 33.4. The molecule has 1 saturated carbocycles. The van der Waals surface area contributed by atoms with Gasteiger partial charge in [-0.1, -0.05) is 5.16 Å². The van der Waals surface area contributed by atoms with Gasteiger partial charge in [-0.15, -0.1) is 0 Å². The van der Waals surface area contributed by atoms with Crippen LogP contribution < -0.4 is 4.84 Å². The van der Waals surface area contributed by atoms with Crippen LogP contribution >= 0.6 is 0 Å². The van der Waals surface area contributed by atoms with Gasteiger partial charge in [-0.3, -0.25) is 0 Å². The Bertz CT molecular complexity index is 687. The summed E-state index contributed by atoms with van der Waals surface area (Å²) in [5.74, 6) is -3.04. The maximum Gasteiger partial charge on any atom is 0.341 e. The van der Waals surface area contributed by atoms with Crippen molar-refractivity contribution in [2.75, 3.05) is 14.1 Å². The van der Waals surface area contributed by atoms with E-state index in [2.05, 4.69) is 10.1 Å². The summed E-state index contributed by atoms with van der Waals surface area (Å²) >= 11 is 0. The first-order valence-corrected chi connectivity index (χ1v) is 8.68. The van der Waals surface area contributed by atoms with Gasteiger partial charge in [0.1, 0.15) is 11.4 Å². The molecule has 0 saturated heterocycles. The number of carbonyl (C=O) groups excluding carboxylic acids is 1. The highest BCUT2D eigenvalue weighted by Gasteiger charge is 2.24. The molecule has 0 heterocycles. The number of ether oxygens (including phenoxy) is 1. The molecule has 7 heteroatoms. The molecule has 0 aliphatic heterocycles. The smallest absolute Gasteiger partial charge is 0.341 e. The maximum absolute atomic E-state index is 14.2. The van der Waals surface area contributed by atoms with E-state index in [1.165, 1.54) is 0 Å². The van der Waals surface area contributed by atoms with Crippen LogP contribution in [0.5, 0.6) is 5.75 Å². The van der Waals surface area contributed by atoms with E-state index in [4.69, 9.17) is 9.57 Å². The number of rotatable bonds is 4. The molecular weight excluding hydrogens is 342 g/mol. The second kappa shape index (κ2) is 8.12. The van der Waals surface area contributed by atoms with Gasteiger partial charge in [0, 0.05) is 12.1 Å². The lowest BCUT2D eigenvalue weighted by Gasteiger charge is -2.28. The molecule has 144 valence electrons. The second-order valence-corrected chi connectivity index (χ2v) is 7.71. The summed E-state index contributed by atoms with van der Waals surface area (Å²) in [5.41, 5.74) is -0.449. The highest BCUT2D eigenvalue weighted by Crippen LogP contribution is 2.25. The quantitative estimate of drug-likeness (QED) is 0.592. The van der Waals surface area contributed by atoms with Crippen LogP contribution in [-0.2, 0) is 4.74 Å². The minimum absolute atomic E-state index is 0.350. The van der Waals surface area contributed by atoms with Crippen molar-refractivity contribution in [1.29, 1.82) is 0 Å². The van der Waals surface area contributed by atoms with E-state index in [1.54, 1.807) is 20.8 Å². The Kier molecular flexibility index (Phi) is 6.34. The number of nitrogens with zero attached hydrogens (tertiary/aromatic N) is 2. The van der Waals surface area contributed by atoms with E-state index in [9.17, 15) is 13.6 Å². The summed E-state index contributed by atoms with van der Waals surface area (Å²) in [6.07, 6.45) is 3.40. The minimum atomic E-state index is -0.922. The molecule has 1 aliphatic rings. The molecule has 1 aromatic carbocycles. The van der Waals surface area contributed by atoms with Gasteiger partial charge < -0.3 is 14.5 Å². The van der Waals surface area contributed by atoms with Crippen LogP contribution in [0.1, 0.15) is 56.8 Å². The Morgan fingerprint density at radius 3 is 2.31 bits per heavy atom. The van der Waals surface area contributed by atoms with Crippen molar-refractivity contribution >= 4 is 11.7 Å². The fourth-order valence-electron chi connectivity index (χ4n) is 2.75. The highest BCUT2D eigenvalue weighted by molar-refractivity contribution is 5.90. The third-order valence-electron chi connectivity index (χ3n) is 4.18. The Hall–Kier alpha value is -2.02. The van der Waals surface area contributed by atoms with Gasteiger partial charge in [0.05, 0.1) is 11.3 Å². The molecule has 0 radical (unpaired) electrons. The van der Waals surface area contributed by atoms with Gasteiger partial charge >= 0.3 is 5.97 Å². The Morgan fingerprint density at radius 1 is 1.15 bits per heavy atom. The topological polar surface area (TPSA) is 51.1 Å². The van der Waals surface area contributed by atoms with Crippen molar-refractivity contribution in [2.45, 2.75) is 58.1 Å². The molecule has 1 aliphatic carbocycles. The predicted molar refractivity (Wildman–Crippen MR) is 95.5 cm³/mol. The lowest BCUT2D eigenvalue weighted by atomic mass is 9.93. The Morgan fingerprint density at radius 2 is 1.77 bits per heavy atom. The van der Waals surface area contributed by atoms with E-state index in [0.717, 1.165) is 43.5 Å². The van der Waals surface area contributed by atoms with Crippen LogP contribution in [0.2, 0.25) is 0 Å². The molecule has 0 bridgehead atoms. The lowest BCUT2D eigenvalue weighted by Crippen LogP contribution is -2.32. The van der Waals surface area contributed by atoms with Gasteiger partial charge in [-0.25, -0.2) is 13.6 Å². The minimum Gasteiger partial charge on any atom is -0.456 e. The molecule has 5 nitrogen and oxygen atoms in total. The maximum atomic E-state index is 14.2. The average molecular weight is 368 g/mol. The average Bonchev–Trinajstić information content (AvgIpc) is 2.54. The van der Waals surface area contributed by atoms with Gasteiger partial charge in [0.25, 0.3) is 0 Å². The summed E-state index contributed by atoms with van der Waals surface area (Å²) in [5, 5.41) is 3.96. The molecular formula is C19H26F2N2O3. The number of hydrogen-bond donors (Lipinski definition) is 0. The zero-order valence-electron chi connectivity index (χ0n) is 15.9. The molecule has 0 spiro atoms. The van der Waals surface area contributed by atoms with Gasteiger partial charge in [-0.2, -0.15) is 0 Å². The van der Waals surface area contributed by atoms with Crippen molar-refractivity contribution in [2.24, 2.45) is 5.16 Å². The monoisotopic (exact) mass is 368 g/mol. The molecule has 0 aromatic heterocycles. The lowest BCUT2D eigenvalue weighted by molar-refractivity contribution is 0.00640. The van der Waals surface area contributed by atoms with E-state index < -0.39 is 28.8 Å². The third-order valence-corrected chi connectivity index (χ3v) is 4.18. The van der Waals surface area contributed by atoms with Gasteiger partial charge in [0.15, 0.2) is 11.6 Å². The fourth-order valence-corrected chi connectivity index (χ4v) is 2.75. The number of oxime groups is 1. The molecule has 26 heavy (non-hydrogen) atoms. The summed E-state index contributed by atoms with van der Waals surface area (Å²) in [7, 11) is 4.07. The zero-order valence-corrected chi connectivity index (χ0v) is 15.9. The summed E-state index contributed by atoms with van der Waals surface area (Å²) in [4.78, 5) is 19.2. The van der Waals surface area contributed by atoms with E-state index in [1.807, 2.05) is 14.1 Å². The van der Waals surface area contributed by atoms with Crippen LogP contribution in [0.25, 0.3) is 0 Å². The van der Waals surface area contributed by atoms with Crippen molar-refractivity contribution < 1.29 is 23.1 Å². The van der Waals surface area contributed by atoms with Crippen molar-refractivity contribution in [3.63, 3.8) is 0 Å². The number of esters is 1. The molecule has 0 atom stereocenters. The van der Waals surface area contributed by atoms with E-state index in [0.29, 0.717) is 6.04 Å². The SMILES string of the molecule is CN(C)C1CCC(=NOc2cc(F)c(C(=O)OC(C)(C)C)cc2F)CC1. The van der Waals surface area contributed by atoms with Crippen molar-refractivity contribution in [3.05, 3.63) is 29.3 Å². The van der Waals surface area contributed by atoms with Crippen LogP contribution in [0.4, 0.5) is 8.78 Å². The largest absolute Gasteiger partial charge is 0.456 e. The van der Waals surface area contributed by atoms with Crippen LogP contribution in [0.15, 0.2) is 17.3 Å². The van der Waals surface area contributed by atoms with Gasteiger partial charge in [0.2, 0.25) is 0 Å². The third kappa shape index (κ3) is 5.49. The molecule has 0 unspecified atom stereocenters. The normalized spacial score (nSPS) is 18.0. The summed E-state index contributed by atoms with van der Waals surface area (Å²) in [6.45, 7) is 4.95. The first-order valence-electron chi connectivity index (χ1n) is 8.68. The summed E-state index contributed by atoms with van der Waals surface area (Å²) in [6, 6.07) is 2.10. The first kappa shape index (κ1) is 20.3. The first-order chi connectivity index (χ1) is 12.1. The number of carbonyl (C=O) groups is 1. The Balaban J connectivity index is 2.06. The highest BCUT2D eigenvalue weighted by atomic mass is 19.1.